The number of pyridine rings is 1. The second-order valence-electron chi connectivity index (χ2n) is 8.62. The third-order valence-corrected chi connectivity index (χ3v) is 6.54. The first-order valence-electron chi connectivity index (χ1n) is 11.8. The van der Waals surface area contributed by atoms with Crippen LogP contribution in [0, 0.1) is 5.92 Å². The van der Waals surface area contributed by atoms with Gasteiger partial charge in [-0.1, -0.05) is 11.6 Å². The molecule has 3 heterocycles. The highest BCUT2D eigenvalue weighted by atomic mass is 35.5. The predicted molar refractivity (Wildman–Crippen MR) is 132 cm³/mol. The molecular formula is C24H33ClN6O2. The second-order valence-corrected chi connectivity index (χ2v) is 9.03. The predicted octanol–water partition coefficient (Wildman–Crippen LogP) is 4.28. The Labute approximate surface area is 200 Å². The van der Waals surface area contributed by atoms with Crippen LogP contribution in [0.25, 0.3) is 11.3 Å². The minimum atomic E-state index is 0.529. The Balaban J connectivity index is 1.39. The van der Waals surface area contributed by atoms with Gasteiger partial charge in [-0.05, 0) is 56.6 Å². The molecule has 0 spiro atoms. The van der Waals surface area contributed by atoms with E-state index in [9.17, 15) is 0 Å². The fraction of sp³-hybridized carbons (Fsp3) is 0.583. The van der Waals surface area contributed by atoms with Crippen LogP contribution in [0.2, 0.25) is 5.02 Å². The van der Waals surface area contributed by atoms with E-state index in [0.29, 0.717) is 28.7 Å². The Morgan fingerprint density at radius 3 is 2.79 bits per heavy atom. The van der Waals surface area contributed by atoms with Crippen molar-refractivity contribution in [2.24, 2.45) is 10.9 Å². The Morgan fingerprint density at radius 1 is 1.18 bits per heavy atom. The van der Waals surface area contributed by atoms with Crippen LogP contribution in [0.1, 0.15) is 38.5 Å². The summed E-state index contributed by atoms with van der Waals surface area (Å²) in [5.74, 6) is 1.87. The molecule has 33 heavy (non-hydrogen) atoms. The molecule has 0 aromatic carbocycles. The molecule has 178 valence electrons. The van der Waals surface area contributed by atoms with Crippen molar-refractivity contribution >= 4 is 29.1 Å². The fourth-order valence-electron chi connectivity index (χ4n) is 4.26. The zero-order chi connectivity index (χ0) is 22.9. The summed E-state index contributed by atoms with van der Waals surface area (Å²) in [5.41, 5.74) is 2.76. The minimum absolute atomic E-state index is 0.529. The van der Waals surface area contributed by atoms with E-state index >= 15 is 0 Å². The molecule has 1 saturated heterocycles. The molecular weight excluding hydrogens is 440 g/mol. The topological polar surface area (TPSA) is 93.5 Å². The Kier molecular flexibility index (Phi) is 9.00. The zero-order valence-corrected chi connectivity index (χ0v) is 20.0. The number of hydrogen-bond acceptors (Lipinski definition) is 8. The number of nitrogens with zero attached hydrogens (tertiary/aromatic N) is 4. The van der Waals surface area contributed by atoms with Gasteiger partial charge in [-0.25, -0.2) is 19.9 Å². The number of anilines is 1. The molecule has 0 amide bonds. The van der Waals surface area contributed by atoms with Crippen LogP contribution in [0.15, 0.2) is 29.5 Å². The maximum atomic E-state index is 6.48. The summed E-state index contributed by atoms with van der Waals surface area (Å²) >= 11 is 6.48. The molecule has 0 radical (unpaired) electrons. The maximum absolute atomic E-state index is 6.48. The van der Waals surface area contributed by atoms with E-state index in [1.165, 1.54) is 5.71 Å². The van der Waals surface area contributed by atoms with Crippen molar-refractivity contribution in [1.29, 1.82) is 0 Å². The van der Waals surface area contributed by atoms with Crippen LogP contribution >= 0.6 is 11.6 Å². The third-order valence-electron chi connectivity index (χ3n) is 6.24. The fourth-order valence-corrected chi connectivity index (χ4v) is 4.46. The first-order valence-corrected chi connectivity index (χ1v) is 12.2. The average molecular weight is 473 g/mol. The van der Waals surface area contributed by atoms with Gasteiger partial charge in [-0.3, -0.25) is 0 Å². The monoisotopic (exact) mass is 472 g/mol. The summed E-state index contributed by atoms with van der Waals surface area (Å²) in [7, 11) is 1.73. The molecule has 2 aromatic rings. The van der Waals surface area contributed by atoms with Crippen LogP contribution in [0.3, 0.4) is 0 Å². The standard InChI is InChI=1S/C24H33ClN6O2/c1-32-13-10-26-18-2-4-19(5-3-18)30-23-14-20(21(25)16-28-23)22-6-9-27-24(31-22)29-15-17-7-11-33-12-8-17/h6,9,14,16-18,26H,2-5,7-8,10-13,15H2,1H3,(H,27,29,31). The number of ether oxygens (including phenoxy) is 2. The van der Waals surface area contributed by atoms with E-state index in [1.54, 1.807) is 19.5 Å². The molecule has 8 nitrogen and oxygen atoms in total. The third kappa shape index (κ3) is 7.17. The van der Waals surface area contributed by atoms with Crippen LogP contribution in [-0.2, 0) is 9.47 Å². The van der Waals surface area contributed by atoms with E-state index in [0.717, 1.165) is 82.7 Å². The molecule has 1 saturated carbocycles. The van der Waals surface area contributed by atoms with Crippen molar-refractivity contribution < 1.29 is 9.47 Å². The van der Waals surface area contributed by atoms with Crippen LogP contribution in [0.4, 0.5) is 11.8 Å². The molecule has 0 bridgehead atoms. The summed E-state index contributed by atoms with van der Waals surface area (Å²) in [6.07, 6.45) is 9.65. The van der Waals surface area contributed by atoms with Gasteiger partial charge < -0.3 is 20.1 Å². The van der Waals surface area contributed by atoms with Gasteiger partial charge in [0, 0.05) is 63.1 Å². The largest absolute Gasteiger partial charge is 0.383 e. The number of aromatic nitrogens is 3. The minimum Gasteiger partial charge on any atom is -0.383 e. The molecule has 1 aliphatic carbocycles. The number of hydrogen-bond donors (Lipinski definition) is 2. The molecule has 2 aromatic heterocycles. The van der Waals surface area contributed by atoms with Crippen molar-refractivity contribution in [1.82, 2.24) is 20.3 Å². The Hall–Kier alpha value is -2.13. The summed E-state index contributed by atoms with van der Waals surface area (Å²) in [4.78, 5) is 18.3. The van der Waals surface area contributed by atoms with E-state index in [4.69, 9.17) is 26.1 Å². The number of nitrogens with one attached hydrogen (secondary N) is 2. The number of aliphatic imine (C=N–C) groups is 1. The quantitative estimate of drug-likeness (QED) is 0.526. The van der Waals surface area contributed by atoms with Gasteiger partial charge >= 0.3 is 0 Å². The van der Waals surface area contributed by atoms with Gasteiger partial charge in [0.25, 0.3) is 0 Å². The van der Waals surface area contributed by atoms with Crippen molar-refractivity contribution in [2.75, 3.05) is 45.3 Å². The van der Waals surface area contributed by atoms with Crippen molar-refractivity contribution in [2.45, 2.75) is 44.6 Å². The number of methoxy groups -OCH3 is 1. The van der Waals surface area contributed by atoms with Gasteiger partial charge in [0.15, 0.2) is 5.82 Å². The van der Waals surface area contributed by atoms with Gasteiger partial charge in [0.2, 0.25) is 5.95 Å². The van der Waals surface area contributed by atoms with E-state index in [2.05, 4.69) is 25.6 Å². The van der Waals surface area contributed by atoms with E-state index in [-0.39, 0.29) is 0 Å². The molecule has 2 fully saturated rings. The summed E-state index contributed by atoms with van der Waals surface area (Å²) < 4.78 is 10.6. The van der Waals surface area contributed by atoms with Gasteiger partial charge in [0.05, 0.1) is 17.3 Å². The van der Waals surface area contributed by atoms with E-state index < -0.39 is 0 Å². The van der Waals surface area contributed by atoms with Crippen molar-refractivity contribution in [3.63, 3.8) is 0 Å². The first-order chi connectivity index (χ1) is 16.2. The highest BCUT2D eigenvalue weighted by Gasteiger charge is 2.18. The van der Waals surface area contributed by atoms with Crippen LogP contribution in [0.5, 0.6) is 0 Å². The molecule has 4 rings (SSSR count). The highest BCUT2D eigenvalue weighted by molar-refractivity contribution is 6.33. The highest BCUT2D eigenvalue weighted by Crippen LogP contribution is 2.30. The Bertz CT molecular complexity index is 925. The molecule has 1 aliphatic heterocycles. The van der Waals surface area contributed by atoms with Crippen molar-refractivity contribution in [3.8, 4) is 11.3 Å². The van der Waals surface area contributed by atoms with Crippen LogP contribution in [-0.4, -0.2) is 66.7 Å². The number of halogens is 1. The molecule has 0 atom stereocenters. The maximum Gasteiger partial charge on any atom is 0.223 e. The lowest BCUT2D eigenvalue weighted by Gasteiger charge is -2.24. The van der Waals surface area contributed by atoms with Gasteiger partial charge in [0.1, 0.15) is 0 Å². The Morgan fingerprint density at radius 2 is 2.00 bits per heavy atom. The van der Waals surface area contributed by atoms with E-state index in [1.807, 2.05) is 12.1 Å². The average Bonchev–Trinajstić information content (AvgIpc) is 2.86. The molecule has 0 unspecified atom stereocenters. The molecule has 2 aliphatic rings. The summed E-state index contributed by atoms with van der Waals surface area (Å²) in [6, 6.07) is 4.32. The summed E-state index contributed by atoms with van der Waals surface area (Å²) in [6.45, 7) is 4.13. The van der Waals surface area contributed by atoms with Gasteiger partial charge in [-0.15, -0.1) is 0 Å². The van der Waals surface area contributed by atoms with Crippen LogP contribution < -0.4 is 10.6 Å². The molecule has 2 N–H and O–H groups in total. The normalized spacial score (nSPS) is 19.5. The molecule has 9 heteroatoms. The lowest BCUT2D eigenvalue weighted by Crippen LogP contribution is -2.35. The number of rotatable bonds is 9. The SMILES string of the molecule is COCCNC1CCC(=Nc2cc(-c3ccnc(NCC4CCOCC4)n3)c(Cl)cn2)CC1. The second kappa shape index (κ2) is 12.4. The lowest BCUT2D eigenvalue weighted by molar-refractivity contribution is 0.0699. The summed E-state index contributed by atoms with van der Waals surface area (Å²) in [5, 5.41) is 7.47. The lowest BCUT2D eigenvalue weighted by atomic mass is 9.93. The van der Waals surface area contributed by atoms with Gasteiger partial charge in [-0.2, -0.15) is 0 Å². The smallest absolute Gasteiger partial charge is 0.223 e. The first kappa shape index (κ1) is 24.0. The van der Waals surface area contributed by atoms with Crippen molar-refractivity contribution in [3.05, 3.63) is 29.5 Å². The zero-order valence-electron chi connectivity index (χ0n) is 19.2.